The molecule has 0 aliphatic carbocycles. The van der Waals surface area contributed by atoms with E-state index < -0.39 is 0 Å². The fraction of sp³-hybridized carbons (Fsp3) is 0.417. The Labute approximate surface area is 80.6 Å². The Morgan fingerprint density at radius 1 is 1.46 bits per heavy atom. The summed E-state index contributed by atoms with van der Waals surface area (Å²) in [6.07, 6.45) is 10.4. The lowest BCUT2D eigenvalue weighted by Gasteiger charge is -2.12. The van der Waals surface area contributed by atoms with Gasteiger partial charge in [-0.15, -0.1) is 0 Å². The monoisotopic (exact) mass is 175 g/mol. The van der Waals surface area contributed by atoms with Crippen LogP contribution in [0, 0.1) is 5.92 Å². The van der Waals surface area contributed by atoms with E-state index in [4.69, 9.17) is 0 Å². The smallest absolute Gasteiger partial charge is 0.0573 e. The van der Waals surface area contributed by atoms with Gasteiger partial charge in [0.25, 0.3) is 0 Å². The molecule has 70 valence electrons. The van der Waals surface area contributed by atoms with Crippen LogP contribution in [0.4, 0.5) is 0 Å². The minimum atomic E-state index is 0.556. The van der Waals surface area contributed by atoms with Crippen molar-refractivity contribution < 1.29 is 0 Å². The normalized spacial score (nSPS) is 29.2. The highest BCUT2D eigenvalue weighted by Crippen LogP contribution is 2.20. The summed E-state index contributed by atoms with van der Waals surface area (Å²) in [6.45, 7) is 7.28. The van der Waals surface area contributed by atoms with Gasteiger partial charge in [0.2, 0.25) is 0 Å². The molecule has 0 aromatic rings. The van der Waals surface area contributed by atoms with Gasteiger partial charge in [-0.2, -0.15) is 0 Å². The van der Waals surface area contributed by atoms with E-state index >= 15 is 0 Å². The molecule has 1 aliphatic rings. The lowest BCUT2D eigenvalue weighted by Crippen LogP contribution is -1.98. The maximum absolute atomic E-state index is 4.22. The zero-order chi connectivity index (χ0) is 9.68. The van der Waals surface area contributed by atoms with E-state index in [1.165, 1.54) is 11.1 Å². The molecule has 0 N–H and O–H groups in total. The highest BCUT2D eigenvalue weighted by molar-refractivity contribution is 5.74. The van der Waals surface area contributed by atoms with E-state index in [2.05, 4.69) is 50.1 Å². The summed E-state index contributed by atoms with van der Waals surface area (Å²) in [7, 11) is 0. The molecule has 1 aliphatic heterocycles. The molecular weight excluding hydrogens is 158 g/mol. The molecule has 0 aromatic carbocycles. The largest absolute Gasteiger partial charge is 0.289 e. The number of hydrogen-bond donors (Lipinski definition) is 0. The Morgan fingerprint density at radius 3 is 2.85 bits per heavy atom. The molecule has 0 radical (unpaired) electrons. The van der Waals surface area contributed by atoms with Gasteiger partial charge in [0.05, 0.1) is 6.54 Å². The maximum Gasteiger partial charge on any atom is 0.0573 e. The zero-order valence-electron chi connectivity index (χ0n) is 8.62. The predicted octanol–water partition coefficient (Wildman–Crippen LogP) is 3.16. The molecule has 0 atom stereocenters. The first-order valence-corrected chi connectivity index (χ1v) is 4.79. The van der Waals surface area contributed by atoms with Crippen LogP contribution in [0.15, 0.2) is 40.4 Å². The number of aliphatic imine (C=N–C) groups is 1. The van der Waals surface area contributed by atoms with Crippen molar-refractivity contribution in [1.82, 2.24) is 0 Å². The first-order valence-electron chi connectivity index (χ1n) is 4.79. The summed E-state index contributed by atoms with van der Waals surface area (Å²) in [6, 6.07) is 0. The number of hydrogen-bond acceptors (Lipinski definition) is 1. The van der Waals surface area contributed by atoms with Crippen LogP contribution in [-0.2, 0) is 0 Å². The van der Waals surface area contributed by atoms with Gasteiger partial charge < -0.3 is 0 Å². The second-order valence-corrected chi connectivity index (χ2v) is 3.44. The van der Waals surface area contributed by atoms with Crippen molar-refractivity contribution in [2.24, 2.45) is 10.9 Å². The van der Waals surface area contributed by atoms with Crippen LogP contribution in [0.1, 0.15) is 20.8 Å². The third kappa shape index (κ3) is 2.69. The molecule has 0 spiro atoms. The summed E-state index contributed by atoms with van der Waals surface area (Å²) in [4.78, 5) is 4.22. The first kappa shape index (κ1) is 9.97. The van der Waals surface area contributed by atoms with Crippen LogP contribution < -0.4 is 0 Å². The van der Waals surface area contributed by atoms with E-state index in [-0.39, 0.29) is 0 Å². The van der Waals surface area contributed by atoms with Gasteiger partial charge in [0.15, 0.2) is 0 Å². The van der Waals surface area contributed by atoms with E-state index in [0.717, 1.165) is 6.54 Å². The average Bonchev–Trinajstić information content (AvgIpc) is 2.03. The number of rotatable bonds is 1. The van der Waals surface area contributed by atoms with Crippen molar-refractivity contribution in [3.8, 4) is 0 Å². The molecule has 13 heavy (non-hydrogen) atoms. The third-order valence-electron chi connectivity index (χ3n) is 2.13. The second-order valence-electron chi connectivity index (χ2n) is 3.44. The van der Waals surface area contributed by atoms with E-state index in [1.54, 1.807) is 0 Å². The molecule has 0 unspecified atom stereocenters. The molecule has 0 fully saturated rings. The predicted molar refractivity (Wildman–Crippen MR) is 59.2 cm³/mol. The van der Waals surface area contributed by atoms with Crippen LogP contribution in [0.2, 0.25) is 0 Å². The zero-order valence-corrected chi connectivity index (χ0v) is 8.62. The summed E-state index contributed by atoms with van der Waals surface area (Å²) in [5.41, 5.74) is 2.68. The lowest BCUT2D eigenvalue weighted by atomic mass is 9.94. The number of nitrogens with zero attached hydrogens (tertiary/aromatic N) is 1. The molecule has 1 heteroatoms. The lowest BCUT2D eigenvalue weighted by molar-refractivity contribution is 0.783. The second kappa shape index (κ2) is 4.80. The van der Waals surface area contributed by atoms with Crippen molar-refractivity contribution in [3.05, 3.63) is 35.5 Å². The van der Waals surface area contributed by atoms with E-state index in [9.17, 15) is 0 Å². The highest BCUT2D eigenvalue weighted by atomic mass is 14.7. The van der Waals surface area contributed by atoms with Gasteiger partial charge in [-0.05, 0) is 30.1 Å². The number of allylic oxidation sites excluding steroid dienone is 5. The van der Waals surface area contributed by atoms with Crippen LogP contribution >= 0.6 is 0 Å². The van der Waals surface area contributed by atoms with Gasteiger partial charge in [-0.3, -0.25) is 4.99 Å². The Morgan fingerprint density at radius 2 is 2.23 bits per heavy atom. The summed E-state index contributed by atoms with van der Waals surface area (Å²) < 4.78 is 0. The molecule has 0 amide bonds. The quantitative estimate of drug-likeness (QED) is 0.580. The van der Waals surface area contributed by atoms with Crippen LogP contribution in [0.5, 0.6) is 0 Å². The topological polar surface area (TPSA) is 12.4 Å². The Hall–Kier alpha value is -1.11. The van der Waals surface area contributed by atoms with Gasteiger partial charge >= 0.3 is 0 Å². The van der Waals surface area contributed by atoms with E-state index in [0.29, 0.717) is 5.92 Å². The van der Waals surface area contributed by atoms with Gasteiger partial charge in [-0.1, -0.05) is 32.1 Å². The average molecular weight is 175 g/mol. The third-order valence-corrected chi connectivity index (χ3v) is 2.13. The summed E-state index contributed by atoms with van der Waals surface area (Å²) in [5.74, 6) is 0.556. The van der Waals surface area contributed by atoms with Crippen LogP contribution in [-0.4, -0.2) is 12.8 Å². The summed E-state index contributed by atoms with van der Waals surface area (Å²) >= 11 is 0. The van der Waals surface area contributed by atoms with Crippen molar-refractivity contribution in [1.29, 1.82) is 0 Å². The molecule has 1 rings (SSSR count). The molecular formula is C12H17N. The minimum absolute atomic E-state index is 0.556. The van der Waals surface area contributed by atoms with Crippen molar-refractivity contribution in [2.75, 3.05) is 6.54 Å². The van der Waals surface area contributed by atoms with Crippen LogP contribution in [0.3, 0.4) is 0 Å². The van der Waals surface area contributed by atoms with Crippen molar-refractivity contribution in [2.45, 2.75) is 20.8 Å². The molecule has 1 nitrogen and oxygen atoms in total. The molecule has 0 aromatic heterocycles. The first-order chi connectivity index (χ1) is 6.25. The molecule has 0 bridgehead atoms. The minimum Gasteiger partial charge on any atom is -0.289 e. The highest BCUT2D eigenvalue weighted by Gasteiger charge is 2.05. The fourth-order valence-electron chi connectivity index (χ4n) is 1.42. The van der Waals surface area contributed by atoms with Gasteiger partial charge in [-0.25, -0.2) is 0 Å². The van der Waals surface area contributed by atoms with E-state index in [1.807, 2.05) is 6.21 Å². The fourth-order valence-corrected chi connectivity index (χ4v) is 1.42. The Balaban J connectivity index is 3.03. The maximum atomic E-state index is 4.22. The SMILES string of the molecule is C/C=C1\C=C/C/N=C\C=C\1C(C)C. The van der Waals surface area contributed by atoms with Crippen molar-refractivity contribution >= 4 is 6.21 Å². The van der Waals surface area contributed by atoms with Crippen molar-refractivity contribution in [3.63, 3.8) is 0 Å². The van der Waals surface area contributed by atoms with Gasteiger partial charge in [0.1, 0.15) is 0 Å². The molecule has 1 heterocycles. The summed E-state index contributed by atoms with van der Waals surface area (Å²) in [5, 5.41) is 0. The Kier molecular flexibility index (Phi) is 3.69. The van der Waals surface area contributed by atoms with Crippen LogP contribution in [0.25, 0.3) is 0 Å². The Bertz CT molecular complexity index is 277. The molecule has 0 saturated carbocycles. The van der Waals surface area contributed by atoms with Gasteiger partial charge in [0, 0.05) is 6.21 Å². The standard InChI is InChI=1S/C12H17N/c1-4-11-6-5-8-13-9-7-12(11)10(2)3/h4-7,9-10H,8H2,1-3H3/b6-5-,11-4+,12-7+,13-9-. The molecule has 0 saturated heterocycles.